The molecule has 0 radical (unpaired) electrons. The Bertz CT molecular complexity index is 114. The maximum atomic E-state index is 10.6. The molecule has 0 aromatic heterocycles. The number of hydrogen-bond acceptors (Lipinski definition) is 2. The molecule has 0 saturated carbocycles. The first-order chi connectivity index (χ1) is 4.33. The van der Waals surface area contributed by atoms with Crippen molar-refractivity contribution in [3.05, 3.63) is 0 Å². The lowest BCUT2D eigenvalue weighted by molar-refractivity contribution is -0.148. The summed E-state index contributed by atoms with van der Waals surface area (Å²) >= 11 is 2.31. The molecule has 52 valence electrons. The lowest BCUT2D eigenvalue weighted by Crippen LogP contribution is -2.21. The summed E-state index contributed by atoms with van der Waals surface area (Å²) < 4.78 is 5.84. The molecule has 2 nitrogen and oxygen atoms in total. The van der Waals surface area contributed by atoms with Crippen LogP contribution in [0, 0.1) is 5.92 Å². The van der Waals surface area contributed by atoms with Gasteiger partial charge in [0.05, 0.1) is 6.61 Å². The van der Waals surface area contributed by atoms with E-state index in [-0.39, 0.29) is 5.97 Å². The normalized spacial score (nSPS) is 27.7. The minimum absolute atomic E-state index is 0.0251. The van der Waals surface area contributed by atoms with Crippen LogP contribution in [-0.4, -0.2) is 17.0 Å². The van der Waals surface area contributed by atoms with Crippen LogP contribution in [0.1, 0.15) is 12.8 Å². The van der Waals surface area contributed by atoms with Crippen LogP contribution in [0.15, 0.2) is 0 Å². The van der Waals surface area contributed by atoms with Crippen LogP contribution in [0.25, 0.3) is 0 Å². The maximum absolute atomic E-state index is 10.6. The number of carbonyl (C=O) groups is 1. The summed E-state index contributed by atoms with van der Waals surface area (Å²) in [6.45, 7) is 0.631. The van der Waals surface area contributed by atoms with E-state index < -0.39 is 0 Å². The van der Waals surface area contributed by atoms with Gasteiger partial charge < -0.3 is 4.74 Å². The third kappa shape index (κ3) is 2.12. The third-order valence-electron chi connectivity index (χ3n) is 1.46. The summed E-state index contributed by atoms with van der Waals surface area (Å²) in [6, 6.07) is 0. The Morgan fingerprint density at radius 2 is 2.56 bits per heavy atom. The van der Waals surface area contributed by atoms with Crippen LogP contribution in [0.2, 0.25) is 0 Å². The summed E-state index contributed by atoms with van der Waals surface area (Å²) in [5, 5.41) is 0. The zero-order chi connectivity index (χ0) is 6.69. The summed E-state index contributed by atoms with van der Waals surface area (Å²) in [5.41, 5.74) is 0. The van der Waals surface area contributed by atoms with Crippen LogP contribution >= 0.6 is 22.6 Å². The van der Waals surface area contributed by atoms with Crippen molar-refractivity contribution >= 4 is 28.6 Å². The van der Waals surface area contributed by atoms with Gasteiger partial charge in [0.2, 0.25) is 0 Å². The average molecular weight is 240 g/mol. The zero-order valence-electron chi connectivity index (χ0n) is 5.10. The van der Waals surface area contributed by atoms with E-state index in [9.17, 15) is 4.79 Å². The summed E-state index contributed by atoms with van der Waals surface area (Å²) in [6.07, 6.45) is 1.68. The number of rotatable bonds is 1. The van der Waals surface area contributed by atoms with Crippen LogP contribution in [0.5, 0.6) is 0 Å². The highest BCUT2D eigenvalue weighted by Gasteiger charge is 2.18. The Hall–Kier alpha value is 0.200. The first-order valence-electron chi connectivity index (χ1n) is 3.04. The van der Waals surface area contributed by atoms with E-state index in [0.29, 0.717) is 18.9 Å². The molecule has 1 unspecified atom stereocenters. The standard InChI is InChI=1S/C6H9IO2/c7-4-5-1-2-9-6(8)3-5/h5H,1-4H2. The molecule has 9 heavy (non-hydrogen) atoms. The molecule has 1 heterocycles. The van der Waals surface area contributed by atoms with Gasteiger partial charge in [-0.2, -0.15) is 0 Å². The van der Waals surface area contributed by atoms with E-state index in [1.807, 2.05) is 0 Å². The van der Waals surface area contributed by atoms with Crippen LogP contribution in [0.3, 0.4) is 0 Å². The van der Waals surface area contributed by atoms with Gasteiger partial charge >= 0.3 is 5.97 Å². The Kier molecular flexibility index (Phi) is 2.75. The molecule has 0 amide bonds. The van der Waals surface area contributed by atoms with Crippen molar-refractivity contribution in [3.8, 4) is 0 Å². The average Bonchev–Trinajstić information content (AvgIpc) is 1.88. The van der Waals surface area contributed by atoms with Crippen LogP contribution < -0.4 is 0 Å². The molecule has 1 aliphatic rings. The molecule has 1 fully saturated rings. The minimum Gasteiger partial charge on any atom is -0.466 e. The van der Waals surface area contributed by atoms with Gasteiger partial charge in [-0.3, -0.25) is 4.79 Å². The van der Waals surface area contributed by atoms with Gasteiger partial charge in [0.1, 0.15) is 0 Å². The lowest BCUT2D eigenvalue weighted by atomic mass is 10.0. The molecule has 3 heteroatoms. The van der Waals surface area contributed by atoms with E-state index in [4.69, 9.17) is 4.74 Å². The third-order valence-corrected chi connectivity index (χ3v) is 2.71. The molecule has 0 spiro atoms. The van der Waals surface area contributed by atoms with E-state index in [2.05, 4.69) is 22.6 Å². The summed E-state index contributed by atoms with van der Waals surface area (Å²) in [5.74, 6) is 0.551. The largest absolute Gasteiger partial charge is 0.466 e. The first-order valence-corrected chi connectivity index (χ1v) is 4.57. The Morgan fingerprint density at radius 1 is 1.78 bits per heavy atom. The van der Waals surface area contributed by atoms with Crippen molar-refractivity contribution in [2.24, 2.45) is 5.92 Å². The predicted molar refractivity (Wildman–Crippen MR) is 42.6 cm³/mol. The van der Waals surface area contributed by atoms with Gasteiger partial charge in [0.15, 0.2) is 0 Å². The topological polar surface area (TPSA) is 26.3 Å². The molecular formula is C6H9IO2. The van der Waals surface area contributed by atoms with E-state index in [1.54, 1.807) is 0 Å². The van der Waals surface area contributed by atoms with Crippen molar-refractivity contribution < 1.29 is 9.53 Å². The molecule has 0 N–H and O–H groups in total. The second kappa shape index (κ2) is 3.39. The molecule has 0 aliphatic carbocycles. The maximum Gasteiger partial charge on any atom is 0.306 e. The Balaban J connectivity index is 2.32. The van der Waals surface area contributed by atoms with Crippen molar-refractivity contribution in [2.45, 2.75) is 12.8 Å². The summed E-state index contributed by atoms with van der Waals surface area (Å²) in [4.78, 5) is 10.6. The first kappa shape index (κ1) is 7.31. The fourth-order valence-corrected chi connectivity index (χ4v) is 1.62. The van der Waals surface area contributed by atoms with Crippen molar-refractivity contribution in [3.63, 3.8) is 0 Å². The van der Waals surface area contributed by atoms with Crippen molar-refractivity contribution in [1.29, 1.82) is 0 Å². The van der Waals surface area contributed by atoms with Gasteiger partial charge in [-0.05, 0) is 12.3 Å². The molecule has 0 aromatic rings. The number of ether oxygens (including phenoxy) is 1. The fraction of sp³-hybridized carbons (Fsp3) is 0.833. The molecule has 1 aliphatic heterocycles. The number of carbonyl (C=O) groups excluding carboxylic acids is 1. The molecular weight excluding hydrogens is 231 g/mol. The SMILES string of the molecule is O=C1CC(CI)CCO1. The van der Waals surface area contributed by atoms with Crippen molar-refractivity contribution in [2.75, 3.05) is 11.0 Å². The molecule has 1 rings (SSSR count). The predicted octanol–water partition coefficient (Wildman–Crippen LogP) is 1.37. The lowest BCUT2D eigenvalue weighted by Gasteiger charge is -2.18. The highest BCUT2D eigenvalue weighted by Crippen LogP contribution is 2.17. The zero-order valence-corrected chi connectivity index (χ0v) is 7.26. The smallest absolute Gasteiger partial charge is 0.306 e. The molecule has 0 aromatic carbocycles. The summed E-state index contributed by atoms with van der Waals surface area (Å²) in [7, 11) is 0. The Labute approximate surface area is 68.1 Å². The van der Waals surface area contributed by atoms with Gasteiger partial charge in [0, 0.05) is 10.8 Å². The van der Waals surface area contributed by atoms with E-state index in [1.165, 1.54) is 0 Å². The van der Waals surface area contributed by atoms with Crippen LogP contribution in [0.4, 0.5) is 0 Å². The molecule has 0 bridgehead atoms. The monoisotopic (exact) mass is 240 g/mol. The van der Waals surface area contributed by atoms with E-state index in [0.717, 1.165) is 10.8 Å². The van der Waals surface area contributed by atoms with Crippen molar-refractivity contribution in [1.82, 2.24) is 0 Å². The Morgan fingerprint density at radius 3 is 3.00 bits per heavy atom. The van der Waals surface area contributed by atoms with Gasteiger partial charge in [-0.1, -0.05) is 22.6 Å². The number of hydrogen-bond donors (Lipinski definition) is 0. The van der Waals surface area contributed by atoms with E-state index >= 15 is 0 Å². The fourth-order valence-electron chi connectivity index (χ4n) is 0.868. The number of esters is 1. The number of cyclic esters (lactones) is 1. The minimum atomic E-state index is -0.0251. The number of alkyl halides is 1. The highest BCUT2D eigenvalue weighted by atomic mass is 127. The van der Waals surface area contributed by atoms with Crippen LogP contribution in [-0.2, 0) is 9.53 Å². The van der Waals surface area contributed by atoms with Gasteiger partial charge in [-0.25, -0.2) is 0 Å². The highest BCUT2D eigenvalue weighted by molar-refractivity contribution is 14.1. The van der Waals surface area contributed by atoms with Gasteiger partial charge in [-0.15, -0.1) is 0 Å². The molecule has 1 saturated heterocycles. The molecule has 1 atom stereocenters. The van der Waals surface area contributed by atoms with Gasteiger partial charge in [0.25, 0.3) is 0 Å². The quantitative estimate of drug-likeness (QED) is 0.393. The second-order valence-corrected chi connectivity index (χ2v) is 3.11. The number of halogens is 1. The second-order valence-electron chi connectivity index (χ2n) is 2.23.